The Morgan fingerprint density at radius 3 is 2.95 bits per heavy atom. The molecule has 0 saturated heterocycles. The van der Waals surface area contributed by atoms with E-state index in [0.717, 1.165) is 44.0 Å². The van der Waals surface area contributed by atoms with Crippen molar-refractivity contribution < 1.29 is 9.90 Å². The van der Waals surface area contributed by atoms with Gasteiger partial charge in [0.2, 0.25) is 0 Å². The van der Waals surface area contributed by atoms with E-state index in [9.17, 15) is 4.79 Å². The number of hydrogen-bond donors (Lipinski definition) is 2. The van der Waals surface area contributed by atoms with Crippen molar-refractivity contribution in [3.05, 3.63) is 23.8 Å². The van der Waals surface area contributed by atoms with Crippen LogP contribution in [0.25, 0.3) is 0 Å². The molecule has 5 nitrogen and oxygen atoms in total. The molecule has 0 bridgehead atoms. The van der Waals surface area contributed by atoms with Crippen LogP contribution in [0.15, 0.2) is 18.2 Å². The molecule has 1 heterocycles. The fraction of sp³-hybridized carbons (Fsp3) is 0.500. The molecule has 0 saturated carbocycles. The van der Waals surface area contributed by atoms with E-state index in [1.165, 1.54) is 0 Å². The second-order valence-corrected chi connectivity index (χ2v) is 5.11. The van der Waals surface area contributed by atoms with Gasteiger partial charge in [0.25, 0.3) is 0 Å². The third-order valence-electron chi connectivity index (χ3n) is 3.31. The molecule has 2 N–H and O–H groups in total. The highest BCUT2D eigenvalue weighted by molar-refractivity contribution is 5.91. The zero-order valence-electron chi connectivity index (χ0n) is 11.5. The topological polar surface area (TPSA) is 55.8 Å². The summed E-state index contributed by atoms with van der Waals surface area (Å²) in [7, 11) is 4.15. The van der Waals surface area contributed by atoms with E-state index in [2.05, 4.69) is 29.2 Å². The van der Waals surface area contributed by atoms with E-state index in [1.54, 1.807) is 12.1 Å². The Kier molecular flexibility index (Phi) is 4.27. The number of nitrogens with zero attached hydrogens (tertiary/aromatic N) is 2. The SMILES string of the molecule is CN(C)CCCN1CCNc2cc(C(=O)O)ccc21. The molecular weight excluding hydrogens is 242 g/mol. The van der Waals surface area contributed by atoms with Crippen LogP contribution in [0.2, 0.25) is 0 Å². The molecule has 2 rings (SSSR count). The van der Waals surface area contributed by atoms with Crippen molar-refractivity contribution in [3.63, 3.8) is 0 Å². The van der Waals surface area contributed by atoms with Crippen LogP contribution in [0.1, 0.15) is 16.8 Å². The summed E-state index contributed by atoms with van der Waals surface area (Å²) in [6, 6.07) is 5.30. The van der Waals surface area contributed by atoms with E-state index in [-0.39, 0.29) is 0 Å². The summed E-state index contributed by atoms with van der Waals surface area (Å²) in [5.41, 5.74) is 2.37. The van der Waals surface area contributed by atoms with Gasteiger partial charge in [-0.05, 0) is 45.3 Å². The minimum Gasteiger partial charge on any atom is -0.478 e. The van der Waals surface area contributed by atoms with Gasteiger partial charge in [-0.3, -0.25) is 0 Å². The van der Waals surface area contributed by atoms with E-state index in [4.69, 9.17) is 5.11 Å². The minimum atomic E-state index is -0.880. The van der Waals surface area contributed by atoms with Gasteiger partial charge < -0.3 is 20.2 Å². The maximum absolute atomic E-state index is 11.0. The predicted octanol–water partition coefficient (Wildman–Crippen LogP) is 1.57. The molecule has 1 aliphatic rings. The lowest BCUT2D eigenvalue weighted by Crippen LogP contribution is -2.35. The first kappa shape index (κ1) is 13.7. The molecule has 5 heteroatoms. The lowest BCUT2D eigenvalue weighted by atomic mass is 10.1. The highest BCUT2D eigenvalue weighted by Gasteiger charge is 2.17. The summed E-state index contributed by atoms with van der Waals surface area (Å²) in [5.74, 6) is -0.880. The van der Waals surface area contributed by atoms with Gasteiger partial charge >= 0.3 is 5.97 Å². The molecule has 1 aromatic carbocycles. The van der Waals surface area contributed by atoms with Gasteiger partial charge in [0, 0.05) is 19.6 Å². The van der Waals surface area contributed by atoms with E-state index in [0.29, 0.717) is 5.56 Å². The Bertz CT molecular complexity index is 460. The molecule has 1 aliphatic heterocycles. The Morgan fingerprint density at radius 1 is 1.47 bits per heavy atom. The first-order valence-corrected chi connectivity index (χ1v) is 6.59. The summed E-state index contributed by atoms with van der Waals surface area (Å²) in [5, 5.41) is 12.3. The van der Waals surface area contributed by atoms with Crippen LogP contribution >= 0.6 is 0 Å². The van der Waals surface area contributed by atoms with Gasteiger partial charge in [-0.25, -0.2) is 4.79 Å². The number of nitrogens with one attached hydrogen (secondary N) is 1. The van der Waals surface area contributed by atoms with Crippen molar-refractivity contribution in [1.82, 2.24) is 4.90 Å². The minimum absolute atomic E-state index is 0.335. The van der Waals surface area contributed by atoms with E-state index in [1.807, 2.05) is 6.07 Å². The molecule has 0 atom stereocenters. The number of rotatable bonds is 5. The smallest absolute Gasteiger partial charge is 0.335 e. The molecule has 0 radical (unpaired) electrons. The second-order valence-electron chi connectivity index (χ2n) is 5.11. The number of fused-ring (bicyclic) bond motifs is 1. The predicted molar refractivity (Wildman–Crippen MR) is 77.3 cm³/mol. The van der Waals surface area contributed by atoms with Crippen molar-refractivity contribution in [3.8, 4) is 0 Å². The average Bonchev–Trinajstić information content (AvgIpc) is 2.37. The Morgan fingerprint density at radius 2 is 2.26 bits per heavy atom. The van der Waals surface area contributed by atoms with Gasteiger partial charge in [0.15, 0.2) is 0 Å². The van der Waals surface area contributed by atoms with Crippen molar-refractivity contribution in [2.45, 2.75) is 6.42 Å². The fourth-order valence-electron chi connectivity index (χ4n) is 2.34. The van der Waals surface area contributed by atoms with Crippen molar-refractivity contribution in [1.29, 1.82) is 0 Å². The summed E-state index contributed by atoms with van der Waals surface area (Å²) < 4.78 is 0. The van der Waals surface area contributed by atoms with Crippen LogP contribution in [-0.2, 0) is 0 Å². The van der Waals surface area contributed by atoms with E-state index >= 15 is 0 Å². The zero-order chi connectivity index (χ0) is 13.8. The molecule has 0 unspecified atom stereocenters. The van der Waals surface area contributed by atoms with Gasteiger partial charge in [-0.15, -0.1) is 0 Å². The third-order valence-corrected chi connectivity index (χ3v) is 3.31. The molecule has 19 heavy (non-hydrogen) atoms. The Balaban J connectivity index is 2.09. The normalized spacial score (nSPS) is 14.2. The van der Waals surface area contributed by atoms with Crippen LogP contribution in [0.4, 0.5) is 11.4 Å². The first-order chi connectivity index (χ1) is 9.08. The van der Waals surface area contributed by atoms with Crippen LogP contribution in [0.5, 0.6) is 0 Å². The summed E-state index contributed by atoms with van der Waals surface area (Å²) >= 11 is 0. The Labute approximate surface area is 113 Å². The quantitative estimate of drug-likeness (QED) is 0.844. The molecule has 0 amide bonds. The number of hydrogen-bond acceptors (Lipinski definition) is 4. The van der Waals surface area contributed by atoms with Crippen LogP contribution in [-0.4, -0.2) is 56.3 Å². The lowest BCUT2D eigenvalue weighted by molar-refractivity contribution is 0.0697. The molecule has 0 fully saturated rings. The monoisotopic (exact) mass is 263 g/mol. The van der Waals surface area contributed by atoms with Crippen molar-refractivity contribution in [2.75, 3.05) is 50.5 Å². The lowest BCUT2D eigenvalue weighted by Gasteiger charge is -2.32. The number of aromatic carboxylic acids is 1. The maximum Gasteiger partial charge on any atom is 0.335 e. The molecule has 1 aromatic rings. The summed E-state index contributed by atoms with van der Waals surface area (Å²) in [6.45, 7) is 3.89. The number of benzene rings is 1. The van der Waals surface area contributed by atoms with E-state index < -0.39 is 5.97 Å². The number of anilines is 2. The molecule has 0 aromatic heterocycles. The van der Waals surface area contributed by atoms with Crippen molar-refractivity contribution in [2.24, 2.45) is 0 Å². The average molecular weight is 263 g/mol. The van der Waals surface area contributed by atoms with Gasteiger partial charge in [-0.1, -0.05) is 0 Å². The maximum atomic E-state index is 11.0. The number of carboxylic acids is 1. The summed E-state index contributed by atoms with van der Waals surface area (Å²) in [6.07, 6.45) is 1.10. The van der Waals surface area contributed by atoms with Gasteiger partial charge in [-0.2, -0.15) is 0 Å². The summed E-state index contributed by atoms with van der Waals surface area (Å²) in [4.78, 5) is 15.5. The largest absolute Gasteiger partial charge is 0.478 e. The molecular formula is C14H21N3O2. The zero-order valence-corrected chi connectivity index (χ0v) is 11.5. The second kappa shape index (κ2) is 5.93. The molecule has 0 spiro atoms. The molecule has 104 valence electrons. The van der Waals surface area contributed by atoms with Crippen LogP contribution < -0.4 is 10.2 Å². The van der Waals surface area contributed by atoms with Crippen LogP contribution in [0, 0.1) is 0 Å². The van der Waals surface area contributed by atoms with Gasteiger partial charge in [0.1, 0.15) is 0 Å². The standard InChI is InChI=1S/C14H21N3O2/c1-16(2)7-3-8-17-9-6-15-12-10-11(14(18)19)4-5-13(12)17/h4-5,10,15H,3,6-9H2,1-2H3,(H,18,19). The molecule has 0 aliphatic carbocycles. The Hall–Kier alpha value is -1.75. The van der Waals surface area contributed by atoms with Crippen molar-refractivity contribution >= 4 is 17.3 Å². The third kappa shape index (κ3) is 3.38. The number of carboxylic acid groups (broad SMARTS) is 1. The fourth-order valence-corrected chi connectivity index (χ4v) is 2.34. The highest BCUT2D eigenvalue weighted by atomic mass is 16.4. The van der Waals surface area contributed by atoms with Gasteiger partial charge in [0.05, 0.1) is 16.9 Å². The number of carbonyl (C=O) groups is 1. The highest BCUT2D eigenvalue weighted by Crippen LogP contribution is 2.30. The van der Waals surface area contributed by atoms with Crippen LogP contribution in [0.3, 0.4) is 0 Å². The first-order valence-electron chi connectivity index (χ1n) is 6.59.